The molecule has 0 N–H and O–H groups in total. The van der Waals surface area contributed by atoms with Crippen molar-refractivity contribution >= 4 is 5.78 Å². The monoisotopic (exact) mass is 288 g/mol. The molecule has 0 radical (unpaired) electrons. The molecule has 21 heavy (non-hydrogen) atoms. The van der Waals surface area contributed by atoms with Gasteiger partial charge in [0.05, 0.1) is 0 Å². The molecule has 0 aromatic heterocycles. The van der Waals surface area contributed by atoms with Crippen LogP contribution < -0.4 is 0 Å². The molecular formula is C19H28O2. The molecule has 0 heterocycles. The lowest BCUT2D eigenvalue weighted by Crippen LogP contribution is -2.44. The molecule has 0 atom stereocenters. The predicted molar refractivity (Wildman–Crippen MR) is 86.4 cm³/mol. The highest BCUT2D eigenvalue weighted by molar-refractivity contribution is 5.87. The van der Waals surface area contributed by atoms with Gasteiger partial charge in [-0.1, -0.05) is 37.3 Å². The summed E-state index contributed by atoms with van der Waals surface area (Å²) < 4.78 is 5.93. The number of Topliss-reactive ketones (excluding diaryl/α,β-unsaturated/α-hetero) is 1. The normalized spacial score (nSPS) is 25.7. The van der Waals surface area contributed by atoms with E-state index in [0.717, 1.165) is 44.4 Å². The third-order valence-electron chi connectivity index (χ3n) is 4.72. The standard InChI is InChI=1S/C19H28O2/c1-3-21-19(14-12-16(2)13-15-19)18(20)11-7-10-17-8-5-4-6-9-17/h4-6,8-9,16H,3,7,10-15H2,1-2H3. The van der Waals surface area contributed by atoms with Gasteiger partial charge in [0.1, 0.15) is 5.60 Å². The van der Waals surface area contributed by atoms with E-state index in [4.69, 9.17) is 4.74 Å². The van der Waals surface area contributed by atoms with Crippen molar-refractivity contribution in [2.24, 2.45) is 5.92 Å². The maximum Gasteiger partial charge on any atom is 0.164 e. The number of ketones is 1. The number of hydrogen-bond acceptors (Lipinski definition) is 2. The Labute approximate surface area is 128 Å². The van der Waals surface area contributed by atoms with Crippen molar-refractivity contribution in [2.75, 3.05) is 6.61 Å². The van der Waals surface area contributed by atoms with E-state index in [2.05, 4.69) is 31.2 Å². The second-order valence-electron chi connectivity index (χ2n) is 6.37. The first-order valence-electron chi connectivity index (χ1n) is 8.37. The molecule has 0 bridgehead atoms. The van der Waals surface area contributed by atoms with Gasteiger partial charge in [-0.25, -0.2) is 0 Å². The molecule has 1 saturated carbocycles. The topological polar surface area (TPSA) is 26.3 Å². The molecule has 1 aliphatic carbocycles. The van der Waals surface area contributed by atoms with Gasteiger partial charge in [0.2, 0.25) is 0 Å². The zero-order chi connectivity index (χ0) is 15.1. The minimum Gasteiger partial charge on any atom is -0.368 e. The van der Waals surface area contributed by atoms with Gasteiger partial charge in [-0.05, 0) is 56.9 Å². The van der Waals surface area contributed by atoms with Crippen molar-refractivity contribution in [1.82, 2.24) is 0 Å². The molecule has 2 heteroatoms. The summed E-state index contributed by atoms with van der Waals surface area (Å²) in [6, 6.07) is 10.4. The first-order chi connectivity index (χ1) is 10.2. The Morgan fingerprint density at radius 1 is 1.24 bits per heavy atom. The lowest BCUT2D eigenvalue weighted by molar-refractivity contribution is -0.150. The number of rotatable bonds is 7. The Morgan fingerprint density at radius 2 is 1.90 bits per heavy atom. The number of ether oxygens (including phenoxy) is 1. The molecule has 2 rings (SSSR count). The van der Waals surface area contributed by atoms with Gasteiger partial charge in [0.15, 0.2) is 5.78 Å². The van der Waals surface area contributed by atoms with Gasteiger partial charge >= 0.3 is 0 Å². The first kappa shape index (κ1) is 16.2. The quantitative estimate of drug-likeness (QED) is 0.735. The van der Waals surface area contributed by atoms with Crippen LogP contribution in [0.2, 0.25) is 0 Å². The van der Waals surface area contributed by atoms with Crippen LogP contribution in [-0.2, 0) is 16.0 Å². The number of carbonyl (C=O) groups is 1. The highest BCUT2D eigenvalue weighted by Crippen LogP contribution is 2.36. The minimum absolute atomic E-state index is 0.326. The molecule has 0 amide bonds. The molecule has 1 fully saturated rings. The van der Waals surface area contributed by atoms with E-state index < -0.39 is 5.60 Å². The Balaban J connectivity index is 1.87. The second kappa shape index (κ2) is 7.74. The van der Waals surface area contributed by atoms with Crippen molar-refractivity contribution < 1.29 is 9.53 Å². The van der Waals surface area contributed by atoms with E-state index in [1.807, 2.05) is 13.0 Å². The summed E-state index contributed by atoms with van der Waals surface area (Å²) in [6.07, 6.45) is 6.59. The summed E-state index contributed by atoms with van der Waals surface area (Å²) in [5, 5.41) is 0. The number of hydrogen-bond donors (Lipinski definition) is 0. The molecule has 0 aliphatic heterocycles. The molecule has 0 saturated heterocycles. The van der Waals surface area contributed by atoms with Crippen molar-refractivity contribution in [2.45, 2.75) is 64.4 Å². The van der Waals surface area contributed by atoms with Gasteiger partial charge in [-0.3, -0.25) is 4.79 Å². The minimum atomic E-state index is -0.474. The lowest BCUT2D eigenvalue weighted by atomic mass is 9.76. The van der Waals surface area contributed by atoms with Crippen molar-refractivity contribution in [3.63, 3.8) is 0 Å². The van der Waals surface area contributed by atoms with Crippen LogP contribution >= 0.6 is 0 Å². The number of benzene rings is 1. The summed E-state index contributed by atoms with van der Waals surface area (Å²) in [7, 11) is 0. The average molecular weight is 288 g/mol. The fourth-order valence-electron chi connectivity index (χ4n) is 3.33. The largest absolute Gasteiger partial charge is 0.368 e. The van der Waals surface area contributed by atoms with Crippen LogP contribution in [0.5, 0.6) is 0 Å². The van der Waals surface area contributed by atoms with E-state index in [1.165, 1.54) is 5.56 Å². The first-order valence-corrected chi connectivity index (χ1v) is 8.37. The van der Waals surface area contributed by atoms with Gasteiger partial charge in [0.25, 0.3) is 0 Å². The Morgan fingerprint density at radius 3 is 2.52 bits per heavy atom. The van der Waals surface area contributed by atoms with Crippen LogP contribution in [0.1, 0.15) is 57.9 Å². The fourth-order valence-corrected chi connectivity index (χ4v) is 3.33. The summed E-state index contributed by atoms with van der Waals surface area (Å²) in [5.74, 6) is 1.06. The molecular weight excluding hydrogens is 260 g/mol. The van der Waals surface area contributed by atoms with Crippen LogP contribution in [0, 0.1) is 5.92 Å². The Kier molecular flexibility index (Phi) is 5.98. The zero-order valence-electron chi connectivity index (χ0n) is 13.4. The average Bonchev–Trinajstić information content (AvgIpc) is 2.51. The van der Waals surface area contributed by atoms with Crippen LogP contribution in [0.15, 0.2) is 30.3 Å². The van der Waals surface area contributed by atoms with Crippen molar-refractivity contribution in [1.29, 1.82) is 0 Å². The van der Waals surface area contributed by atoms with E-state index in [9.17, 15) is 4.79 Å². The smallest absolute Gasteiger partial charge is 0.164 e. The molecule has 2 nitrogen and oxygen atoms in total. The van der Waals surface area contributed by atoms with Crippen LogP contribution in [-0.4, -0.2) is 18.0 Å². The van der Waals surface area contributed by atoms with Gasteiger partial charge in [-0.15, -0.1) is 0 Å². The number of aryl methyl sites for hydroxylation is 1. The maximum absolute atomic E-state index is 12.7. The van der Waals surface area contributed by atoms with E-state index in [1.54, 1.807) is 0 Å². The van der Waals surface area contributed by atoms with E-state index in [-0.39, 0.29) is 0 Å². The molecule has 0 spiro atoms. The van der Waals surface area contributed by atoms with Gasteiger partial charge in [-0.2, -0.15) is 0 Å². The molecule has 1 aromatic rings. The fraction of sp³-hybridized carbons (Fsp3) is 0.632. The summed E-state index contributed by atoms with van der Waals surface area (Å²) in [6.45, 7) is 4.91. The van der Waals surface area contributed by atoms with Crippen LogP contribution in [0.25, 0.3) is 0 Å². The van der Waals surface area contributed by atoms with Gasteiger partial charge < -0.3 is 4.74 Å². The summed E-state index contributed by atoms with van der Waals surface area (Å²) in [5.41, 5.74) is 0.839. The van der Waals surface area contributed by atoms with Crippen LogP contribution in [0.4, 0.5) is 0 Å². The second-order valence-corrected chi connectivity index (χ2v) is 6.37. The Hall–Kier alpha value is -1.15. The van der Waals surface area contributed by atoms with Crippen LogP contribution in [0.3, 0.4) is 0 Å². The maximum atomic E-state index is 12.7. The Bertz CT molecular complexity index is 430. The SMILES string of the molecule is CCOC1(C(=O)CCCc2ccccc2)CCC(C)CC1. The predicted octanol–water partition coefficient (Wildman–Crippen LogP) is 4.56. The summed E-state index contributed by atoms with van der Waals surface area (Å²) >= 11 is 0. The molecule has 0 unspecified atom stereocenters. The zero-order valence-corrected chi connectivity index (χ0v) is 13.4. The summed E-state index contributed by atoms with van der Waals surface area (Å²) in [4.78, 5) is 12.7. The molecule has 1 aliphatic rings. The molecule has 1 aromatic carbocycles. The van der Waals surface area contributed by atoms with E-state index >= 15 is 0 Å². The van der Waals surface area contributed by atoms with Crippen molar-refractivity contribution in [3.05, 3.63) is 35.9 Å². The highest BCUT2D eigenvalue weighted by atomic mass is 16.5. The van der Waals surface area contributed by atoms with Crippen molar-refractivity contribution in [3.8, 4) is 0 Å². The lowest BCUT2D eigenvalue weighted by Gasteiger charge is -2.38. The third kappa shape index (κ3) is 4.41. The highest BCUT2D eigenvalue weighted by Gasteiger charge is 2.40. The third-order valence-corrected chi connectivity index (χ3v) is 4.72. The van der Waals surface area contributed by atoms with Gasteiger partial charge in [0, 0.05) is 13.0 Å². The van der Waals surface area contributed by atoms with E-state index in [0.29, 0.717) is 18.8 Å². The molecule has 116 valence electrons. The number of carbonyl (C=O) groups excluding carboxylic acids is 1.